The van der Waals surface area contributed by atoms with Crippen LogP contribution >= 0.6 is 0 Å². The van der Waals surface area contributed by atoms with Gasteiger partial charge in [0.05, 0.1) is 0 Å². The van der Waals surface area contributed by atoms with Gasteiger partial charge in [0, 0.05) is 44.9 Å². The molecule has 0 spiro atoms. The molecule has 0 amide bonds. The monoisotopic (exact) mass is 578 g/mol. The van der Waals surface area contributed by atoms with Gasteiger partial charge in [0.2, 0.25) is 0 Å². The van der Waals surface area contributed by atoms with Crippen LogP contribution < -0.4 is 9.80 Å². The average Bonchev–Trinajstić information content (AvgIpc) is 3.49. The SMILES string of the molecule is c1ccc(N(c2ccccc2)c2ccc(N(c3ccccc3)c3ccc(-c4ccc5c(c4)oc4ccccc45)cc3)cc2)cc1. The van der Waals surface area contributed by atoms with E-state index in [4.69, 9.17) is 4.42 Å². The fourth-order valence-corrected chi connectivity index (χ4v) is 6.08. The smallest absolute Gasteiger partial charge is 0.136 e. The first-order valence-electron chi connectivity index (χ1n) is 15.2. The van der Waals surface area contributed by atoms with E-state index < -0.39 is 0 Å². The Morgan fingerprint density at radius 2 is 0.667 bits per heavy atom. The van der Waals surface area contributed by atoms with Crippen molar-refractivity contribution < 1.29 is 4.42 Å². The van der Waals surface area contributed by atoms with Gasteiger partial charge in [-0.1, -0.05) is 91.0 Å². The molecule has 8 aromatic rings. The third kappa shape index (κ3) is 5.11. The van der Waals surface area contributed by atoms with E-state index >= 15 is 0 Å². The lowest BCUT2D eigenvalue weighted by atomic mass is 10.0. The van der Waals surface area contributed by atoms with Gasteiger partial charge in [-0.15, -0.1) is 0 Å². The highest BCUT2D eigenvalue weighted by Gasteiger charge is 2.16. The molecule has 214 valence electrons. The van der Waals surface area contributed by atoms with Crippen LogP contribution in [0.25, 0.3) is 33.1 Å². The molecule has 0 saturated heterocycles. The zero-order valence-electron chi connectivity index (χ0n) is 24.6. The van der Waals surface area contributed by atoms with E-state index in [0.717, 1.165) is 67.2 Å². The van der Waals surface area contributed by atoms with Crippen molar-refractivity contribution in [1.29, 1.82) is 0 Å². The van der Waals surface area contributed by atoms with Crippen LogP contribution in [0.3, 0.4) is 0 Å². The van der Waals surface area contributed by atoms with Crippen molar-refractivity contribution in [3.05, 3.63) is 182 Å². The van der Waals surface area contributed by atoms with Gasteiger partial charge in [-0.25, -0.2) is 0 Å². The highest BCUT2D eigenvalue weighted by Crippen LogP contribution is 2.40. The lowest BCUT2D eigenvalue weighted by Gasteiger charge is -2.28. The van der Waals surface area contributed by atoms with Gasteiger partial charge in [0.25, 0.3) is 0 Å². The minimum atomic E-state index is 0.906. The van der Waals surface area contributed by atoms with Crippen molar-refractivity contribution in [2.75, 3.05) is 9.80 Å². The number of hydrogen-bond acceptors (Lipinski definition) is 3. The second kappa shape index (κ2) is 11.6. The van der Waals surface area contributed by atoms with Crippen LogP contribution in [0.2, 0.25) is 0 Å². The third-order valence-corrected chi connectivity index (χ3v) is 8.25. The number of rotatable bonds is 7. The van der Waals surface area contributed by atoms with E-state index in [-0.39, 0.29) is 0 Å². The first kappa shape index (κ1) is 26.6. The van der Waals surface area contributed by atoms with Gasteiger partial charge in [-0.2, -0.15) is 0 Å². The molecule has 1 aromatic heterocycles. The first-order valence-corrected chi connectivity index (χ1v) is 15.2. The second-order valence-corrected chi connectivity index (χ2v) is 11.0. The summed E-state index contributed by atoms with van der Waals surface area (Å²) in [4.78, 5) is 4.58. The molecule has 0 N–H and O–H groups in total. The average molecular weight is 579 g/mol. The van der Waals surface area contributed by atoms with Crippen molar-refractivity contribution in [2.24, 2.45) is 0 Å². The Morgan fingerprint density at radius 1 is 0.289 bits per heavy atom. The summed E-state index contributed by atoms with van der Waals surface area (Å²) in [7, 11) is 0. The molecule has 0 unspecified atom stereocenters. The fourth-order valence-electron chi connectivity index (χ4n) is 6.08. The maximum atomic E-state index is 6.16. The molecule has 0 fully saturated rings. The Bertz CT molecular complexity index is 2150. The summed E-state index contributed by atoms with van der Waals surface area (Å²) in [5, 5.41) is 2.29. The van der Waals surface area contributed by atoms with Crippen LogP contribution in [-0.2, 0) is 0 Å². The number of fused-ring (bicyclic) bond motifs is 3. The molecule has 45 heavy (non-hydrogen) atoms. The predicted molar refractivity (Wildman–Crippen MR) is 189 cm³/mol. The Morgan fingerprint density at radius 3 is 1.18 bits per heavy atom. The molecular formula is C42H30N2O. The van der Waals surface area contributed by atoms with Gasteiger partial charge in [0.15, 0.2) is 0 Å². The second-order valence-electron chi connectivity index (χ2n) is 11.0. The van der Waals surface area contributed by atoms with Gasteiger partial charge in [-0.3, -0.25) is 0 Å². The quantitative estimate of drug-likeness (QED) is 0.188. The van der Waals surface area contributed by atoms with Gasteiger partial charge < -0.3 is 14.2 Å². The number of anilines is 6. The maximum Gasteiger partial charge on any atom is 0.136 e. The van der Waals surface area contributed by atoms with Crippen LogP contribution in [0.5, 0.6) is 0 Å². The molecular weight excluding hydrogens is 548 g/mol. The van der Waals surface area contributed by atoms with Crippen LogP contribution in [-0.4, -0.2) is 0 Å². The minimum Gasteiger partial charge on any atom is -0.456 e. The van der Waals surface area contributed by atoms with Gasteiger partial charge in [-0.05, 0) is 102 Å². The van der Waals surface area contributed by atoms with Crippen molar-refractivity contribution in [1.82, 2.24) is 0 Å². The van der Waals surface area contributed by atoms with Gasteiger partial charge >= 0.3 is 0 Å². The summed E-state index contributed by atoms with van der Waals surface area (Å²) in [6.07, 6.45) is 0. The third-order valence-electron chi connectivity index (χ3n) is 8.25. The number of nitrogens with zero attached hydrogens (tertiary/aromatic N) is 2. The molecule has 0 saturated carbocycles. The summed E-state index contributed by atoms with van der Waals surface area (Å²) >= 11 is 0. The summed E-state index contributed by atoms with van der Waals surface area (Å²) in [6, 6.07) is 63.8. The van der Waals surface area contributed by atoms with Crippen LogP contribution in [0, 0.1) is 0 Å². The van der Waals surface area contributed by atoms with Gasteiger partial charge in [0.1, 0.15) is 11.2 Å². The van der Waals surface area contributed by atoms with E-state index in [9.17, 15) is 0 Å². The van der Waals surface area contributed by atoms with Crippen LogP contribution in [0.1, 0.15) is 0 Å². The molecule has 0 aliphatic rings. The molecule has 0 aliphatic carbocycles. The Balaban J connectivity index is 1.15. The molecule has 0 atom stereocenters. The normalized spacial score (nSPS) is 11.1. The number of benzene rings is 7. The van der Waals surface area contributed by atoms with E-state index in [2.05, 4.69) is 180 Å². The van der Waals surface area contributed by atoms with Crippen LogP contribution in [0.15, 0.2) is 186 Å². The largest absolute Gasteiger partial charge is 0.456 e. The summed E-state index contributed by atoms with van der Waals surface area (Å²) in [6.45, 7) is 0. The van der Waals surface area contributed by atoms with Crippen molar-refractivity contribution in [3.63, 3.8) is 0 Å². The minimum absolute atomic E-state index is 0.906. The summed E-state index contributed by atoms with van der Waals surface area (Å²) in [5.74, 6) is 0. The highest BCUT2D eigenvalue weighted by molar-refractivity contribution is 6.05. The molecule has 3 heteroatoms. The Hall–Kier alpha value is -6.06. The standard InChI is InChI=1S/C42H30N2O/c1-4-12-33(13-5-1)43(34-14-6-2-7-15-34)37-25-27-38(28-26-37)44(35-16-8-3-9-17-35)36-23-20-31(21-24-36)32-22-29-40-39-18-10-11-19-41(39)45-42(40)30-32/h1-30H. The molecule has 8 rings (SSSR count). The maximum absolute atomic E-state index is 6.16. The number of hydrogen-bond donors (Lipinski definition) is 0. The zero-order valence-corrected chi connectivity index (χ0v) is 24.6. The number of furan rings is 1. The molecule has 0 bridgehead atoms. The van der Waals surface area contributed by atoms with E-state index in [1.807, 2.05) is 12.1 Å². The lowest BCUT2D eigenvalue weighted by Crippen LogP contribution is -2.12. The molecule has 1 heterocycles. The predicted octanol–water partition coefficient (Wildman–Crippen LogP) is 12.2. The summed E-state index contributed by atoms with van der Waals surface area (Å²) in [5.41, 5.74) is 10.7. The first-order chi connectivity index (χ1) is 22.3. The molecule has 0 aliphatic heterocycles. The van der Waals surface area contributed by atoms with E-state index in [1.165, 1.54) is 0 Å². The Kier molecular flexibility index (Phi) is 6.82. The zero-order chi connectivity index (χ0) is 30.0. The topological polar surface area (TPSA) is 19.6 Å². The highest BCUT2D eigenvalue weighted by atomic mass is 16.3. The molecule has 0 radical (unpaired) electrons. The van der Waals surface area contributed by atoms with Crippen LogP contribution in [0.4, 0.5) is 34.1 Å². The van der Waals surface area contributed by atoms with Crippen molar-refractivity contribution in [2.45, 2.75) is 0 Å². The number of para-hydroxylation sites is 4. The van der Waals surface area contributed by atoms with Crippen molar-refractivity contribution >= 4 is 56.1 Å². The fraction of sp³-hybridized carbons (Fsp3) is 0. The molecule has 7 aromatic carbocycles. The Labute approximate surface area is 262 Å². The molecule has 3 nitrogen and oxygen atoms in total. The van der Waals surface area contributed by atoms with E-state index in [1.54, 1.807) is 0 Å². The van der Waals surface area contributed by atoms with E-state index in [0.29, 0.717) is 0 Å². The summed E-state index contributed by atoms with van der Waals surface area (Å²) < 4.78 is 6.16. The van der Waals surface area contributed by atoms with Crippen molar-refractivity contribution in [3.8, 4) is 11.1 Å². The lowest BCUT2D eigenvalue weighted by molar-refractivity contribution is 0.669.